The standard InChI is InChI=1S/C17H22O4/c1-20-17(19)14-3-2-13(21-14)16(18)15-11-5-9-4-10(7-11)8-12(15)6-9/h2-3,9-12,15-16,18H,4-8H2,1H3. The zero-order chi connectivity index (χ0) is 14.6. The molecule has 1 aromatic heterocycles. The first-order valence-corrected chi connectivity index (χ1v) is 8.01. The Morgan fingerprint density at radius 2 is 1.81 bits per heavy atom. The second kappa shape index (κ2) is 4.87. The van der Waals surface area contributed by atoms with Gasteiger partial charge in [0.25, 0.3) is 0 Å². The average molecular weight is 290 g/mol. The van der Waals surface area contributed by atoms with Crippen LogP contribution in [0.25, 0.3) is 0 Å². The van der Waals surface area contributed by atoms with Gasteiger partial charge >= 0.3 is 5.97 Å². The number of aliphatic hydroxyl groups is 1. The fourth-order valence-corrected chi connectivity index (χ4v) is 5.39. The van der Waals surface area contributed by atoms with Crippen molar-refractivity contribution in [2.75, 3.05) is 7.11 Å². The number of esters is 1. The van der Waals surface area contributed by atoms with E-state index in [-0.39, 0.29) is 5.76 Å². The predicted molar refractivity (Wildman–Crippen MR) is 75.5 cm³/mol. The lowest BCUT2D eigenvalue weighted by Crippen LogP contribution is -2.47. The first-order valence-electron chi connectivity index (χ1n) is 8.01. The van der Waals surface area contributed by atoms with E-state index in [1.54, 1.807) is 12.1 Å². The summed E-state index contributed by atoms with van der Waals surface area (Å²) in [7, 11) is 1.33. The Labute approximate surface area is 124 Å². The monoisotopic (exact) mass is 290 g/mol. The van der Waals surface area contributed by atoms with Gasteiger partial charge in [-0.15, -0.1) is 0 Å². The summed E-state index contributed by atoms with van der Waals surface area (Å²) in [6.07, 6.45) is 5.87. The molecule has 4 nitrogen and oxygen atoms in total. The Kier molecular flexibility index (Phi) is 3.10. The van der Waals surface area contributed by atoms with Crippen molar-refractivity contribution < 1.29 is 19.1 Å². The van der Waals surface area contributed by atoms with Gasteiger partial charge < -0.3 is 14.3 Å². The number of carbonyl (C=O) groups is 1. The van der Waals surface area contributed by atoms with Crippen molar-refractivity contribution in [1.29, 1.82) is 0 Å². The molecule has 114 valence electrons. The van der Waals surface area contributed by atoms with Crippen LogP contribution in [-0.4, -0.2) is 18.2 Å². The largest absolute Gasteiger partial charge is 0.463 e. The molecule has 21 heavy (non-hydrogen) atoms. The fraction of sp³-hybridized carbons (Fsp3) is 0.706. The molecule has 4 aliphatic rings. The van der Waals surface area contributed by atoms with Gasteiger partial charge in [-0.05, 0) is 73.8 Å². The summed E-state index contributed by atoms with van der Waals surface area (Å²) in [5, 5.41) is 10.8. The van der Waals surface area contributed by atoms with Gasteiger partial charge in [0.15, 0.2) is 0 Å². The zero-order valence-electron chi connectivity index (χ0n) is 12.3. The SMILES string of the molecule is COC(=O)c1ccc(C(O)C2C3CC4CC(C3)CC2C4)o1. The molecule has 5 rings (SSSR count). The molecule has 0 amide bonds. The first-order chi connectivity index (χ1) is 10.2. The molecule has 4 heteroatoms. The Hall–Kier alpha value is -1.29. The molecule has 4 aliphatic carbocycles. The van der Waals surface area contributed by atoms with E-state index in [1.807, 2.05) is 0 Å². The van der Waals surface area contributed by atoms with Crippen molar-refractivity contribution in [2.45, 2.75) is 38.2 Å². The number of hydrogen-bond donors (Lipinski definition) is 1. The van der Waals surface area contributed by atoms with Crippen molar-refractivity contribution in [3.05, 3.63) is 23.7 Å². The van der Waals surface area contributed by atoms with Gasteiger partial charge in [-0.1, -0.05) is 0 Å². The van der Waals surface area contributed by atoms with Crippen molar-refractivity contribution in [3.8, 4) is 0 Å². The number of ether oxygens (including phenoxy) is 1. The first kappa shape index (κ1) is 13.4. The summed E-state index contributed by atoms with van der Waals surface area (Å²) in [5.41, 5.74) is 0. The lowest BCUT2D eigenvalue weighted by molar-refractivity contribution is -0.0961. The minimum Gasteiger partial charge on any atom is -0.463 e. The highest BCUT2D eigenvalue weighted by molar-refractivity contribution is 5.86. The number of aliphatic hydroxyl groups excluding tert-OH is 1. The molecule has 0 saturated heterocycles. The molecule has 0 radical (unpaired) electrons. The smallest absolute Gasteiger partial charge is 0.373 e. The molecule has 0 aliphatic heterocycles. The fourth-order valence-electron chi connectivity index (χ4n) is 5.39. The van der Waals surface area contributed by atoms with Gasteiger partial charge in [-0.25, -0.2) is 4.79 Å². The van der Waals surface area contributed by atoms with E-state index >= 15 is 0 Å². The van der Waals surface area contributed by atoms with E-state index in [1.165, 1.54) is 39.2 Å². The van der Waals surface area contributed by atoms with Crippen molar-refractivity contribution in [2.24, 2.45) is 29.6 Å². The van der Waals surface area contributed by atoms with E-state index in [0.717, 1.165) is 11.8 Å². The van der Waals surface area contributed by atoms with Crippen LogP contribution in [0, 0.1) is 29.6 Å². The molecule has 1 atom stereocenters. The van der Waals surface area contributed by atoms with Gasteiger partial charge in [-0.3, -0.25) is 0 Å². The quantitative estimate of drug-likeness (QED) is 0.869. The lowest BCUT2D eigenvalue weighted by atomic mass is 9.51. The highest BCUT2D eigenvalue weighted by Crippen LogP contribution is 2.59. The van der Waals surface area contributed by atoms with Crippen LogP contribution >= 0.6 is 0 Å². The molecule has 1 aromatic rings. The topological polar surface area (TPSA) is 59.7 Å². The molecule has 0 aromatic carbocycles. The summed E-state index contributed by atoms with van der Waals surface area (Å²) < 4.78 is 10.2. The van der Waals surface area contributed by atoms with E-state index in [0.29, 0.717) is 23.5 Å². The van der Waals surface area contributed by atoms with Crippen LogP contribution in [0.15, 0.2) is 16.5 Å². The Bertz CT molecular complexity index is 519. The van der Waals surface area contributed by atoms with E-state index in [2.05, 4.69) is 4.74 Å². The molecule has 1 N–H and O–H groups in total. The molecule has 1 heterocycles. The highest BCUT2D eigenvalue weighted by Gasteiger charge is 2.51. The van der Waals surface area contributed by atoms with Crippen LogP contribution in [0.2, 0.25) is 0 Å². The van der Waals surface area contributed by atoms with Gasteiger partial charge in [0, 0.05) is 0 Å². The van der Waals surface area contributed by atoms with Crippen LogP contribution in [-0.2, 0) is 4.74 Å². The van der Waals surface area contributed by atoms with Crippen LogP contribution < -0.4 is 0 Å². The number of carbonyl (C=O) groups excluding carboxylic acids is 1. The molecule has 4 bridgehead atoms. The normalized spacial score (nSPS) is 38.5. The maximum atomic E-state index is 11.5. The summed E-state index contributed by atoms with van der Waals surface area (Å²) in [6.45, 7) is 0. The third kappa shape index (κ3) is 2.11. The molecular weight excluding hydrogens is 268 g/mol. The van der Waals surface area contributed by atoms with Crippen LogP contribution in [0.3, 0.4) is 0 Å². The zero-order valence-corrected chi connectivity index (χ0v) is 12.3. The predicted octanol–water partition coefficient (Wildman–Crippen LogP) is 3.17. The molecule has 4 saturated carbocycles. The van der Waals surface area contributed by atoms with E-state index < -0.39 is 12.1 Å². The summed E-state index contributed by atoms with van der Waals surface area (Å²) in [5.74, 6) is 3.54. The van der Waals surface area contributed by atoms with Crippen LogP contribution in [0.4, 0.5) is 0 Å². The van der Waals surface area contributed by atoms with Crippen LogP contribution in [0.5, 0.6) is 0 Å². The van der Waals surface area contributed by atoms with E-state index in [4.69, 9.17) is 4.42 Å². The average Bonchev–Trinajstić information content (AvgIpc) is 2.95. The molecule has 0 spiro atoms. The number of furan rings is 1. The Morgan fingerprint density at radius 3 is 2.38 bits per heavy atom. The molecule has 1 unspecified atom stereocenters. The highest BCUT2D eigenvalue weighted by atomic mass is 16.5. The van der Waals surface area contributed by atoms with Crippen molar-refractivity contribution in [1.82, 2.24) is 0 Å². The van der Waals surface area contributed by atoms with Gasteiger partial charge in [0.2, 0.25) is 5.76 Å². The lowest BCUT2D eigenvalue weighted by Gasteiger charge is -2.55. The van der Waals surface area contributed by atoms with Gasteiger partial charge in [-0.2, -0.15) is 0 Å². The maximum Gasteiger partial charge on any atom is 0.373 e. The third-order valence-corrected chi connectivity index (χ3v) is 5.97. The molecular formula is C17H22O4. The van der Waals surface area contributed by atoms with Gasteiger partial charge in [0.05, 0.1) is 7.11 Å². The summed E-state index contributed by atoms with van der Waals surface area (Å²) in [6, 6.07) is 3.32. The minimum atomic E-state index is -0.585. The Morgan fingerprint density at radius 1 is 1.19 bits per heavy atom. The minimum absolute atomic E-state index is 0.176. The summed E-state index contributed by atoms with van der Waals surface area (Å²) >= 11 is 0. The van der Waals surface area contributed by atoms with Crippen LogP contribution in [0.1, 0.15) is 54.5 Å². The number of hydrogen-bond acceptors (Lipinski definition) is 4. The molecule has 4 fully saturated rings. The second-order valence-electron chi connectivity index (χ2n) is 7.15. The van der Waals surface area contributed by atoms with Crippen molar-refractivity contribution >= 4 is 5.97 Å². The number of methoxy groups -OCH3 is 1. The number of rotatable bonds is 3. The van der Waals surface area contributed by atoms with Gasteiger partial charge in [0.1, 0.15) is 11.9 Å². The maximum absolute atomic E-state index is 11.5. The van der Waals surface area contributed by atoms with Crippen molar-refractivity contribution in [3.63, 3.8) is 0 Å². The Balaban J connectivity index is 1.56. The van der Waals surface area contributed by atoms with E-state index in [9.17, 15) is 9.90 Å². The summed E-state index contributed by atoms with van der Waals surface area (Å²) in [4.78, 5) is 11.5. The third-order valence-electron chi connectivity index (χ3n) is 5.97. The second-order valence-corrected chi connectivity index (χ2v) is 7.15.